The van der Waals surface area contributed by atoms with Crippen LogP contribution in [0.1, 0.15) is 24.4 Å². The summed E-state index contributed by atoms with van der Waals surface area (Å²) < 4.78 is 13.9. The highest BCUT2D eigenvalue weighted by molar-refractivity contribution is 5.21. The first kappa shape index (κ1) is 16.4. The fraction of sp³-hybridized carbons (Fsp3) is 0.647. The van der Waals surface area contributed by atoms with Crippen LogP contribution in [0.5, 0.6) is 0 Å². The Morgan fingerprint density at radius 1 is 1.33 bits per heavy atom. The summed E-state index contributed by atoms with van der Waals surface area (Å²) in [6.45, 7) is 4.33. The van der Waals surface area contributed by atoms with E-state index in [4.69, 9.17) is 0 Å². The normalized spacial score (nSPS) is 19.1. The Bertz CT molecular complexity index is 430. The van der Waals surface area contributed by atoms with Crippen molar-refractivity contribution in [3.8, 4) is 0 Å². The van der Waals surface area contributed by atoms with Crippen LogP contribution in [0.4, 0.5) is 4.39 Å². The van der Waals surface area contributed by atoms with Crippen molar-refractivity contribution in [1.82, 2.24) is 15.1 Å². The third kappa shape index (κ3) is 4.77. The van der Waals surface area contributed by atoms with Gasteiger partial charge in [0.1, 0.15) is 5.82 Å². The molecule has 3 nitrogen and oxygen atoms in total. The predicted octanol–water partition coefficient (Wildman–Crippen LogP) is 2.36. The molecule has 0 radical (unpaired) electrons. The first-order valence-corrected chi connectivity index (χ1v) is 7.89. The molecule has 0 bridgehead atoms. The summed E-state index contributed by atoms with van der Waals surface area (Å²) in [5.74, 6) is 0.647. The SMILES string of the molecule is CNC(CN(C)CC1CCN(C)CC1)c1ccccc1F. The second kappa shape index (κ2) is 7.87. The van der Waals surface area contributed by atoms with Crippen molar-refractivity contribution in [2.75, 3.05) is 47.3 Å². The van der Waals surface area contributed by atoms with E-state index in [0.29, 0.717) is 0 Å². The zero-order valence-electron chi connectivity index (χ0n) is 13.5. The van der Waals surface area contributed by atoms with Crippen molar-refractivity contribution in [1.29, 1.82) is 0 Å². The van der Waals surface area contributed by atoms with Crippen LogP contribution in [0.2, 0.25) is 0 Å². The molecule has 118 valence electrons. The van der Waals surface area contributed by atoms with Gasteiger partial charge in [-0.3, -0.25) is 0 Å². The molecule has 1 fully saturated rings. The number of halogens is 1. The van der Waals surface area contributed by atoms with Gasteiger partial charge >= 0.3 is 0 Å². The molecule has 1 aromatic carbocycles. The lowest BCUT2D eigenvalue weighted by Gasteiger charge is -2.33. The van der Waals surface area contributed by atoms with Gasteiger partial charge in [-0.05, 0) is 59.1 Å². The maximum atomic E-state index is 13.9. The van der Waals surface area contributed by atoms with Gasteiger partial charge in [0.15, 0.2) is 0 Å². The van der Waals surface area contributed by atoms with Crippen LogP contribution < -0.4 is 5.32 Å². The molecule has 0 aromatic heterocycles. The van der Waals surface area contributed by atoms with Gasteiger partial charge in [0.25, 0.3) is 0 Å². The lowest BCUT2D eigenvalue weighted by atomic mass is 9.96. The van der Waals surface area contributed by atoms with Gasteiger partial charge in [-0.1, -0.05) is 18.2 Å². The fourth-order valence-corrected chi connectivity index (χ4v) is 3.17. The molecule has 1 unspecified atom stereocenters. The van der Waals surface area contributed by atoms with Crippen molar-refractivity contribution in [3.63, 3.8) is 0 Å². The number of hydrogen-bond donors (Lipinski definition) is 1. The van der Waals surface area contributed by atoms with Crippen molar-refractivity contribution >= 4 is 0 Å². The van der Waals surface area contributed by atoms with Gasteiger partial charge in [0.2, 0.25) is 0 Å². The molecule has 1 N–H and O–H groups in total. The lowest BCUT2D eigenvalue weighted by molar-refractivity contribution is 0.169. The van der Waals surface area contributed by atoms with Crippen LogP contribution >= 0.6 is 0 Å². The molecule has 0 aliphatic carbocycles. The number of likely N-dealkylation sites (N-methyl/N-ethyl adjacent to an activating group) is 2. The van der Waals surface area contributed by atoms with Crippen LogP contribution in [0.25, 0.3) is 0 Å². The Morgan fingerprint density at radius 2 is 2.00 bits per heavy atom. The van der Waals surface area contributed by atoms with Crippen LogP contribution in [0, 0.1) is 11.7 Å². The molecular weight excluding hydrogens is 265 g/mol. The number of nitrogens with zero attached hydrogens (tertiary/aromatic N) is 2. The third-order valence-electron chi connectivity index (χ3n) is 4.53. The summed E-state index contributed by atoms with van der Waals surface area (Å²) in [5.41, 5.74) is 0.759. The number of likely N-dealkylation sites (tertiary alicyclic amines) is 1. The molecule has 4 heteroatoms. The zero-order valence-corrected chi connectivity index (χ0v) is 13.5. The molecule has 1 aliphatic rings. The Hall–Kier alpha value is -0.970. The van der Waals surface area contributed by atoms with Gasteiger partial charge in [0, 0.05) is 24.7 Å². The molecule has 1 atom stereocenters. The van der Waals surface area contributed by atoms with E-state index >= 15 is 0 Å². The average molecular weight is 293 g/mol. The topological polar surface area (TPSA) is 18.5 Å². The van der Waals surface area contributed by atoms with Crippen LogP contribution in [-0.4, -0.2) is 57.1 Å². The first-order valence-electron chi connectivity index (χ1n) is 7.89. The molecule has 1 aromatic rings. The Morgan fingerprint density at radius 3 is 2.62 bits per heavy atom. The van der Waals surface area contributed by atoms with E-state index in [1.54, 1.807) is 6.07 Å². The van der Waals surface area contributed by atoms with E-state index in [9.17, 15) is 4.39 Å². The predicted molar refractivity (Wildman–Crippen MR) is 85.9 cm³/mol. The van der Waals surface area contributed by atoms with Crippen LogP contribution in [-0.2, 0) is 0 Å². The number of rotatable bonds is 6. The summed E-state index contributed by atoms with van der Waals surface area (Å²) >= 11 is 0. The van der Waals surface area contributed by atoms with Crippen molar-refractivity contribution in [2.24, 2.45) is 5.92 Å². The zero-order chi connectivity index (χ0) is 15.2. The van der Waals surface area contributed by atoms with Crippen LogP contribution in [0.3, 0.4) is 0 Å². The van der Waals surface area contributed by atoms with Crippen molar-refractivity contribution in [2.45, 2.75) is 18.9 Å². The molecule has 0 spiro atoms. The number of benzene rings is 1. The Balaban J connectivity index is 1.88. The van der Waals surface area contributed by atoms with E-state index in [2.05, 4.69) is 29.2 Å². The van der Waals surface area contributed by atoms with Crippen molar-refractivity contribution in [3.05, 3.63) is 35.6 Å². The fourth-order valence-electron chi connectivity index (χ4n) is 3.17. The summed E-state index contributed by atoms with van der Waals surface area (Å²) in [7, 11) is 6.24. The Labute approximate surface area is 128 Å². The highest BCUT2D eigenvalue weighted by Crippen LogP contribution is 2.20. The molecule has 1 heterocycles. The largest absolute Gasteiger partial charge is 0.312 e. The number of piperidine rings is 1. The monoisotopic (exact) mass is 293 g/mol. The minimum absolute atomic E-state index is 0.0439. The lowest BCUT2D eigenvalue weighted by Crippen LogP contribution is -2.38. The smallest absolute Gasteiger partial charge is 0.128 e. The van der Waals surface area contributed by atoms with Crippen molar-refractivity contribution < 1.29 is 4.39 Å². The van der Waals surface area contributed by atoms with E-state index in [0.717, 1.165) is 24.6 Å². The number of hydrogen-bond acceptors (Lipinski definition) is 3. The second-order valence-electron chi connectivity index (χ2n) is 6.33. The highest BCUT2D eigenvalue weighted by Gasteiger charge is 2.20. The molecule has 0 saturated carbocycles. The molecule has 1 aliphatic heterocycles. The van der Waals surface area contributed by atoms with E-state index in [1.165, 1.54) is 32.0 Å². The maximum Gasteiger partial charge on any atom is 0.128 e. The third-order valence-corrected chi connectivity index (χ3v) is 4.53. The van der Waals surface area contributed by atoms with Gasteiger partial charge in [-0.2, -0.15) is 0 Å². The van der Waals surface area contributed by atoms with Gasteiger partial charge < -0.3 is 15.1 Å². The number of nitrogens with one attached hydrogen (secondary N) is 1. The first-order chi connectivity index (χ1) is 10.1. The van der Waals surface area contributed by atoms with Gasteiger partial charge in [0.05, 0.1) is 0 Å². The summed E-state index contributed by atoms with van der Waals surface area (Å²) in [4.78, 5) is 4.73. The highest BCUT2D eigenvalue weighted by atomic mass is 19.1. The maximum absolute atomic E-state index is 13.9. The molecule has 1 saturated heterocycles. The quantitative estimate of drug-likeness (QED) is 0.868. The van der Waals surface area contributed by atoms with Gasteiger partial charge in [-0.25, -0.2) is 4.39 Å². The van der Waals surface area contributed by atoms with Crippen LogP contribution in [0.15, 0.2) is 24.3 Å². The van der Waals surface area contributed by atoms with Gasteiger partial charge in [-0.15, -0.1) is 0 Å². The molecule has 21 heavy (non-hydrogen) atoms. The summed E-state index contributed by atoms with van der Waals surface area (Å²) in [5, 5.41) is 3.24. The van der Waals surface area contributed by atoms with E-state index < -0.39 is 0 Å². The average Bonchev–Trinajstić information content (AvgIpc) is 2.48. The molecular formula is C17H28FN3. The minimum Gasteiger partial charge on any atom is -0.312 e. The van der Waals surface area contributed by atoms with E-state index in [1.807, 2.05) is 19.2 Å². The molecule has 2 rings (SSSR count). The minimum atomic E-state index is -0.121. The van der Waals surface area contributed by atoms with E-state index in [-0.39, 0.29) is 11.9 Å². The molecule has 0 amide bonds. The summed E-state index contributed by atoms with van der Waals surface area (Å²) in [6, 6.07) is 7.10. The standard InChI is InChI=1S/C17H28FN3/c1-19-17(15-6-4-5-7-16(15)18)13-21(3)12-14-8-10-20(2)11-9-14/h4-7,14,17,19H,8-13H2,1-3H3. The second-order valence-corrected chi connectivity index (χ2v) is 6.33. The summed E-state index contributed by atoms with van der Waals surface area (Å²) in [6.07, 6.45) is 2.54. The Kier molecular flexibility index (Phi) is 6.15.